The van der Waals surface area contributed by atoms with Crippen LogP contribution in [0.4, 0.5) is 11.8 Å². The van der Waals surface area contributed by atoms with Crippen molar-refractivity contribution in [2.24, 2.45) is 0 Å². The molecule has 25 heavy (non-hydrogen) atoms. The summed E-state index contributed by atoms with van der Waals surface area (Å²) in [5.41, 5.74) is 2.31. The maximum Gasteiger partial charge on any atom is 0.228 e. The summed E-state index contributed by atoms with van der Waals surface area (Å²) in [6, 6.07) is 6.89. The van der Waals surface area contributed by atoms with Gasteiger partial charge in [-0.1, -0.05) is 18.9 Å². The smallest absolute Gasteiger partial charge is 0.228 e. The lowest BCUT2D eigenvalue weighted by Crippen LogP contribution is -2.40. The van der Waals surface area contributed by atoms with E-state index < -0.39 is 0 Å². The zero-order chi connectivity index (χ0) is 17.1. The van der Waals surface area contributed by atoms with Gasteiger partial charge in [0.2, 0.25) is 5.95 Å². The Bertz CT molecular complexity index is 693. The molecule has 5 nitrogen and oxygen atoms in total. The molecular weight excluding hydrogens is 310 g/mol. The number of anilines is 2. The predicted molar refractivity (Wildman–Crippen MR) is 100 cm³/mol. The van der Waals surface area contributed by atoms with Crippen LogP contribution in [-0.2, 0) is 0 Å². The Morgan fingerprint density at radius 1 is 1.04 bits per heavy atom. The van der Waals surface area contributed by atoms with Gasteiger partial charge in [-0.15, -0.1) is 0 Å². The number of aryl methyl sites for hydroxylation is 1. The van der Waals surface area contributed by atoms with Crippen molar-refractivity contribution in [1.29, 1.82) is 0 Å². The van der Waals surface area contributed by atoms with Gasteiger partial charge >= 0.3 is 0 Å². The van der Waals surface area contributed by atoms with Gasteiger partial charge < -0.3 is 5.32 Å². The highest BCUT2D eigenvalue weighted by Gasteiger charge is 2.29. The minimum atomic E-state index is 0.517. The van der Waals surface area contributed by atoms with E-state index in [0.717, 1.165) is 29.7 Å². The van der Waals surface area contributed by atoms with Crippen LogP contribution in [0, 0.1) is 6.92 Å². The summed E-state index contributed by atoms with van der Waals surface area (Å²) in [6.45, 7) is 4.43. The molecule has 2 fully saturated rings. The summed E-state index contributed by atoms with van der Waals surface area (Å²) in [5, 5.41) is 3.23. The van der Waals surface area contributed by atoms with Crippen molar-refractivity contribution in [1.82, 2.24) is 19.9 Å². The molecule has 1 saturated heterocycles. The van der Waals surface area contributed by atoms with Crippen LogP contribution in [0.15, 0.2) is 30.6 Å². The first-order chi connectivity index (χ1) is 12.3. The topological polar surface area (TPSA) is 53.9 Å². The Labute approximate surface area is 149 Å². The van der Waals surface area contributed by atoms with Crippen LogP contribution in [0.25, 0.3) is 0 Å². The maximum absolute atomic E-state index is 4.79. The Morgan fingerprint density at radius 2 is 1.92 bits per heavy atom. The van der Waals surface area contributed by atoms with E-state index in [9.17, 15) is 0 Å². The minimum Gasteiger partial charge on any atom is -0.309 e. The van der Waals surface area contributed by atoms with Gasteiger partial charge in [0.25, 0.3) is 0 Å². The third kappa shape index (κ3) is 3.98. The predicted octanol–water partition coefficient (Wildman–Crippen LogP) is 4.05. The van der Waals surface area contributed by atoms with Crippen LogP contribution in [0.1, 0.15) is 55.7 Å². The Hall–Kier alpha value is -2.01. The van der Waals surface area contributed by atoms with Crippen LogP contribution in [-0.4, -0.2) is 39.0 Å². The lowest BCUT2D eigenvalue weighted by atomic mass is 9.93. The highest BCUT2D eigenvalue weighted by molar-refractivity contribution is 5.47. The standard InChI is InChI=1S/C20H27N5/c1-15-8-9-19(22-13-15)24-20-21-11-10-18(23-20)16-5-4-12-25(14-16)17-6-2-3-7-17/h8-11,13,16-17H,2-7,12,14H2,1H3,(H,21,22,23,24). The number of hydrogen-bond acceptors (Lipinski definition) is 5. The number of likely N-dealkylation sites (tertiary alicyclic amines) is 1. The van der Waals surface area contributed by atoms with Gasteiger partial charge in [0.1, 0.15) is 5.82 Å². The van der Waals surface area contributed by atoms with Crippen molar-refractivity contribution in [3.05, 3.63) is 41.9 Å². The van der Waals surface area contributed by atoms with Gasteiger partial charge in [-0.05, 0) is 56.8 Å². The summed E-state index contributed by atoms with van der Waals surface area (Å²) in [6.07, 6.45) is 11.8. The van der Waals surface area contributed by atoms with Gasteiger partial charge in [0, 0.05) is 30.9 Å². The first-order valence-electron chi connectivity index (χ1n) is 9.54. The van der Waals surface area contributed by atoms with Gasteiger partial charge in [-0.2, -0.15) is 0 Å². The molecule has 5 heteroatoms. The van der Waals surface area contributed by atoms with E-state index in [4.69, 9.17) is 4.98 Å². The molecule has 1 N–H and O–H groups in total. The van der Waals surface area contributed by atoms with Crippen molar-refractivity contribution in [2.45, 2.75) is 57.4 Å². The quantitative estimate of drug-likeness (QED) is 0.912. The fourth-order valence-corrected chi connectivity index (χ4v) is 4.17. The first-order valence-corrected chi connectivity index (χ1v) is 9.54. The molecule has 4 rings (SSSR count). The molecule has 0 bridgehead atoms. The molecule has 0 radical (unpaired) electrons. The molecule has 2 aromatic heterocycles. The Balaban J connectivity index is 1.45. The molecule has 0 spiro atoms. The molecule has 1 aliphatic heterocycles. The number of aromatic nitrogens is 3. The second-order valence-corrected chi connectivity index (χ2v) is 7.42. The average molecular weight is 337 g/mol. The molecule has 0 aromatic carbocycles. The van der Waals surface area contributed by atoms with Crippen molar-refractivity contribution in [3.8, 4) is 0 Å². The maximum atomic E-state index is 4.79. The number of hydrogen-bond donors (Lipinski definition) is 1. The lowest BCUT2D eigenvalue weighted by molar-refractivity contribution is 0.149. The van der Waals surface area contributed by atoms with Crippen LogP contribution in [0.3, 0.4) is 0 Å². The van der Waals surface area contributed by atoms with E-state index >= 15 is 0 Å². The van der Waals surface area contributed by atoms with E-state index in [1.54, 1.807) is 0 Å². The molecule has 1 saturated carbocycles. The molecule has 2 aromatic rings. The molecule has 1 unspecified atom stereocenters. The second-order valence-electron chi connectivity index (χ2n) is 7.42. The fraction of sp³-hybridized carbons (Fsp3) is 0.550. The average Bonchev–Trinajstić information content (AvgIpc) is 3.19. The van der Waals surface area contributed by atoms with E-state index in [2.05, 4.69) is 26.3 Å². The zero-order valence-corrected chi connectivity index (χ0v) is 15.0. The second kappa shape index (κ2) is 7.48. The van der Waals surface area contributed by atoms with E-state index in [1.807, 2.05) is 31.5 Å². The van der Waals surface area contributed by atoms with E-state index in [1.165, 1.54) is 45.1 Å². The zero-order valence-electron chi connectivity index (χ0n) is 15.0. The van der Waals surface area contributed by atoms with Crippen molar-refractivity contribution in [3.63, 3.8) is 0 Å². The minimum absolute atomic E-state index is 0.517. The molecule has 0 amide bonds. The number of nitrogens with one attached hydrogen (secondary N) is 1. The van der Waals surface area contributed by atoms with Crippen LogP contribution in [0.5, 0.6) is 0 Å². The van der Waals surface area contributed by atoms with Crippen molar-refractivity contribution in [2.75, 3.05) is 18.4 Å². The Kier molecular flexibility index (Phi) is 4.92. The highest BCUT2D eigenvalue weighted by atomic mass is 15.2. The number of pyridine rings is 1. The van der Waals surface area contributed by atoms with Crippen LogP contribution in [0.2, 0.25) is 0 Å². The number of piperidine rings is 1. The monoisotopic (exact) mass is 337 g/mol. The fourth-order valence-electron chi connectivity index (χ4n) is 4.17. The van der Waals surface area contributed by atoms with Gasteiger partial charge in [0.05, 0.1) is 5.69 Å². The van der Waals surface area contributed by atoms with Gasteiger partial charge in [-0.3, -0.25) is 4.90 Å². The third-order valence-electron chi connectivity index (χ3n) is 5.54. The van der Waals surface area contributed by atoms with Gasteiger partial charge in [-0.25, -0.2) is 15.0 Å². The van der Waals surface area contributed by atoms with Crippen LogP contribution >= 0.6 is 0 Å². The summed E-state index contributed by atoms with van der Waals surface area (Å²) in [4.78, 5) is 16.2. The summed E-state index contributed by atoms with van der Waals surface area (Å²) < 4.78 is 0. The SMILES string of the molecule is Cc1ccc(Nc2nccc(C3CCCN(C4CCCC4)C3)n2)nc1. The normalized spacial score (nSPS) is 22.2. The van der Waals surface area contributed by atoms with Crippen LogP contribution < -0.4 is 5.32 Å². The largest absolute Gasteiger partial charge is 0.309 e. The Morgan fingerprint density at radius 3 is 2.72 bits per heavy atom. The molecular formula is C20H27N5. The summed E-state index contributed by atoms with van der Waals surface area (Å²) >= 11 is 0. The molecule has 132 valence electrons. The lowest BCUT2D eigenvalue weighted by Gasteiger charge is -2.36. The highest BCUT2D eigenvalue weighted by Crippen LogP contribution is 2.31. The first kappa shape index (κ1) is 16.5. The summed E-state index contributed by atoms with van der Waals surface area (Å²) in [5.74, 6) is 1.95. The van der Waals surface area contributed by atoms with E-state index in [-0.39, 0.29) is 0 Å². The number of nitrogens with zero attached hydrogens (tertiary/aromatic N) is 4. The van der Waals surface area contributed by atoms with Crippen molar-refractivity contribution < 1.29 is 0 Å². The molecule has 1 aliphatic carbocycles. The molecule has 3 heterocycles. The third-order valence-corrected chi connectivity index (χ3v) is 5.54. The molecule has 1 atom stereocenters. The number of rotatable bonds is 4. The summed E-state index contributed by atoms with van der Waals surface area (Å²) in [7, 11) is 0. The van der Waals surface area contributed by atoms with Gasteiger partial charge in [0.15, 0.2) is 0 Å². The van der Waals surface area contributed by atoms with E-state index in [0.29, 0.717) is 11.9 Å². The van der Waals surface area contributed by atoms with Crippen molar-refractivity contribution >= 4 is 11.8 Å². The molecule has 2 aliphatic rings.